The van der Waals surface area contributed by atoms with Gasteiger partial charge in [0.2, 0.25) is 0 Å². The molecule has 0 spiro atoms. The van der Waals surface area contributed by atoms with Gasteiger partial charge in [0.15, 0.2) is 11.9 Å². The zero-order valence-corrected chi connectivity index (χ0v) is 10.2. The number of amides is 2. The van der Waals surface area contributed by atoms with Gasteiger partial charge in [-0.15, -0.1) is 0 Å². The third-order valence-corrected chi connectivity index (χ3v) is 3.05. The minimum Gasteiger partial charge on any atom is -0.394 e. The maximum absolute atomic E-state index is 11.4. The first-order valence-corrected chi connectivity index (χ1v) is 5.67. The second kappa shape index (κ2) is 5.17. The fourth-order valence-electron chi connectivity index (χ4n) is 2.09. The Morgan fingerprint density at radius 3 is 2.40 bits per heavy atom. The number of carbonyl (C=O) groups is 2. The topological polar surface area (TPSA) is 174 Å². The molecular weight excluding hydrogens is 272 g/mol. The van der Waals surface area contributed by atoms with Crippen LogP contribution in [0, 0.1) is 0 Å². The van der Waals surface area contributed by atoms with Crippen molar-refractivity contribution in [3.8, 4) is 0 Å². The van der Waals surface area contributed by atoms with Crippen molar-refractivity contribution in [1.82, 2.24) is 9.55 Å². The molecule has 20 heavy (non-hydrogen) atoms. The van der Waals surface area contributed by atoms with Gasteiger partial charge in [-0.1, -0.05) is 0 Å². The highest BCUT2D eigenvalue weighted by Crippen LogP contribution is 2.30. The maximum Gasteiger partial charge on any atom is 0.269 e. The molecular formula is C10H14N4O6. The van der Waals surface area contributed by atoms with Crippen molar-refractivity contribution in [2.75, 3.05) is 6.61 Å². The summed E-state index contributed by atoms with van der Waals surface area (Å²) in [6.07, 6.45) is -3.99. The summed E-state index contributed by atoms with van der Waals surface area (Å²) in [7, 11) is 0. The van der Waals surface area contributed by atoms with Gasteiger partial charge in [-0.05, 0) is 0 Å². The van der Waals surface area contributed by atoms with Gasteiger partial charge in [0.05, 0.1) is 12.9 Å². The Morgan fingerprint density at radius 1 is 1.30 bits per heavy atom. The molecule has 10 nitrogen and oxygen atoms in total. The Balaban J connectivity index is 2.44. The number of aliphatic hydroxyl groups excluding tert-OH is 3. The number of nitrogens with zero attached hydrogens (tertiary/aromatic N) is 2. The van der Waals surface area contributed by atoms with E-state index >= 15 is 0 Å². The Hall–Kier alpha value is -2.01. The molecule has 110 valence electrons. The fraction of sp³-hybridized carbons (Fsp3) is 0.500. The molecule has 1 aromatic heterocycles. The second-order valence-electron chi connectivity index (χ2n) is 4.31. The number of rotatable bonds is 4. The lowest BCUT2D eigenvalue weighted by Crippen LogP contribution is -2.34. The summed E-state index contributed by atoms with van der Waals surface area (Å²) in [6, 6.07) is 0. The number of primary amides is 2. The van der Waals surface area contributed by atoms with Crippen molar-refractivity contribution in [1.29, 1.82) is 0 Å². The van der Waals surface area contributed by atoms with Crippen molar-refractivity contribution in [2.45, 2.75) is 24.5 Å². The number of imidazole rings is 1. The Labute approximate surface area is 112 Å². The predicted molar refractivity (Wildman–Crippen MR) is 62.3 cm³/mol. The predicted octanol–water partition coefficient (Wildman–Crippen LogP) is -3.31. The van der Waals surface area contributed by atoms with E-state index in [1.54, 1.807) is 0 Å². The molecule has 0 unspecified atom stereocenters. The Bertz CT molecular complexity index is 544. The summed E-state index contributed by atoms with van der Waals surface area (Å²) in [5.41, 5.74) is 9.51. The highest BCUT2D eigenvalue weighted by molar-refractivity contribution is 6.03. The van der Waals surface area contributed by atoms with Crippen LogP contribution in [0.25, 0.3) is 0 Å². The lowest BCUT2D eigenvalue weighted by atomic mass is 10.1. The summed E-state index contributed by atoms with van der Waals surface area (Å²) in [5, 5.41) is 28.5. The summed E-state index contributed by atoms with van der Waals surface area (Å²) in [6.45, 7) is -0.530. The van der Waals surface area contributed by atoms with Crippen LogP contribution < -0.4 is 11.5 Å². The molecule has 4 atom stereocenters. The molecule has 1 saturated heterocycles. The molecule has 0 radical (unpaired) electrons. The molecule has 1 aromatic rings. The lowest BCUT2D eigenvalue weighted by Gasteiger charge is -2.17. The van der Waals surface area contributed by atoms with Crippen molar-refractivity contribution < 1.29 is 29.6 Å². The minimum atomic E-state index is -1.43. The van der Waals surface area contributed by atoms with E-state index in [1.807, 2.05) is 0 Å². The zero-order chi connectivity index (χ0) is 15.0. The quantitative estimate of drug-likeness (QED) is 0.385. The van der Waals surface area contributed by atoms with Gasteiger partial charge in [0, 0.05) is 0 Å². The van der Waals surface area contributed by atoms with E-state index in [2.05, 4.69) is 4.98 Å². The number of ether oxygens (including phenoxy) is 1. The average Bonchev–Trinajstić information content (AvgIpc) is 2.93. The van der Waals surface area contributed by atoms with Crippen LogP contribution in [-0.4, -0.2) is 61.6 Å². The van der Waals surface area contributed by atoms with Gasteiger partial charge in [0.25, 0.3) is 11.8 Å². The molecule has 2 amide bonds. The van der Waals surface area contributed by atoms with E-state index in [1.165, 1.54) is 0 Å². The van der Waals surface area contributed by atoms with Crippen LogP contribution >= 0.6 is 0 Å². The van der Waals surface area contributed by atoms with Gasteiger partial charge in [-0.25, -0.2) is 4.98 Å². The number of carbonyl (C=O) groups excluding carboxylic acids is 2. The van der Waals surface area contributed by atoms with Gasteiger partial charge in [0.1, 0.15) is 24.0 Å². The smallest absolute Gasteiger partial charge is 0.269 e. The van der Waals surface area contributed by atoms with Gasteiger partial charge in [-0.2, -0.15) is 0 Å². The van der Waals surface area contributed by atoms with Crippen molar-refractivity contribution in [3.05, 3.63) is 17.7 Å². The maximum atomic E-state index is 11.4. The largest absolute Gasteiger partial charge is 0.394 e. The van der Waals surface area contributed by atoms with E-state index < -0.39 is 43.0 Å². The molecule has 0 saturated carbocycles. The molecule has 0 bridgehead atoms. The van der Waals surface area contributed by atoms with Crippen LogP contribution in [0.3, 0.4) is 0 Å². The van der Waals surface area contributed by atoms with Crippen molar-refractivity contribution in [2.24, 2.45) is 11.5 Å². The number of hydrogen-bond acceptors (Lipinski definition) is 7. The average molecular weight is 286 g/mol. The first kappa shape index (κ1) is 14.4. The molecule has 7 N–H and O–H groups in total. The molecule has 10 heteroatoms. The lowest BCUT2D eigenvalue weighted by molar-refractivity contribution is -0.0534. The Kier molecular flexibility index (Phi) is 3.72. The highest BCUT2D eigenvalue weighted by atomic mass is 16.6. The van der Waals surface area contributed by atoms with Crippen molar-refractivity contribution >= 4 is 11.8 Å². The molecule has 2 rings (SSSR count). The number of aliphatic hydroxyl groups is 3. The molecule has 1 aliphatic rings. The normalized spacial score (nSPS) is 29.6. The summed E-state index contributed by atoms with van der Waals surface area (Å²) >= 11 is 0. The van der Waals surface area contributed by atoms with Crippen molar-refractivity contribution in [3.63, 3.8) is 0 Å². The van der Waals surface area contributed by atoms with Gasteiger partial charge < -0.3 is 31.5 Å². The standard InChI is InChI=1S/C10H14N4O6/c11-8(18)4-5(9(12)19)14(2-13-4)10-7(17)6(16)3(1-15)20-10/h2-3,6-7,10,15-17H,1H2,(H2,11,18)(H2,12,19)/t3-,6+,7-,10-/m0/s1. The molecule has 1 fully saturated rings. The number of nitrogens with two attached hydrogens (primary N) is 2. The first-order valence-electron chi connectivity index (χ1n) is 5.67. The molecule has 0 aromatic carbocycles. The van der Waals surface area contributed by atoms with E-state index in [0.717, 1.165) is 10.9 Å². The highest BCUT2D eigenvalue weighted by Gasteiger charge is 2.44. The zero-order valence-electron chi connectivity index (χ0n) is 10.2. The third kappa shape index (κ3) is 2.14. The minimum absolute atomic E-state index is 0.340. The van der Waals surface area contributed by atoms with Crippen LogP contribution in [0.5, 0.6) is 0 Å². The number of hydrogen-bond donors (Lipinski definition) is 5. The van der Waals surface area contributed by atoms with Crippen LogP contribution in [-0.2, 0) is 4.74 Å². The van der Waals surface area contributed by atoms with E-state index in [4.69, 9.17) is 21.3 Å². The van der Waals surface area contributed by atoms with E-state index in [0.29, 0.717) is 0 Å². The monoisotopic (exact) mass is 286 g/mol. The number of aromatic nitrogens is 2. The molecule has 0 aliphatic carbocycles. The molecule has 2 heterocycles. The Morgan fingerprint density at radius 2 is 1.95 bits per heavy atom. The third-order valence-electron chi connectivity index (χ3n) is 3.05. The SMILES string of the molecule is NC(=O)c1ncn([C@H]2O[C@@H](CO)[C@@H](O)[C@@H]2O)c1C(N)=O. The summed E-state index contributed by atoms with van der Waals surface area (Å²) < 4.78 is 6.22. The summed E-state index contributed by atoms with van der Waals surface area (Å²) in [4.78, 5) is 26.2. The van der Waals surface area contributed by atoms with E-state index in [-0.39, 0.29) is 11.4 Å². The second-order valence-corrected chi connectivity index (χ2v) is 4.31. The van der Waals surface area contributed by atoms with Crippen LogP contribution in [0.1, 0.15) is 27.2 Å². The van der Waals surface area contributed by atoms with Crippen LogP contribution in [0.2, 0.25) is 0 Å². The molecule has 1 aliphatic heterocycles. The van der Waals surface area contributed by atoms with E-state index in [9.17, 15) is 19.8 Å². The van der Waals surface area contributed by atoms with Gasteiger partial charge >= 0.3 is 0 Å². The fourth-order valence-corrected chi connectivity index (χ4v) is 2.09. The van der Waals surface area contributed by atoms with Crippen LogP contribution in [0.15, 0.2) is 6.33 Å². The summed E-state index contributed by atoms with van der Waals surface area (Å²) in [5.74, 6) is -1.96. The van der Waals surface area contributed by atoms with Gasteiger partial charge in [-0.3, -0.25) is 14.2 Å². The van der Waals surface area contributed by atoms with Crippen LogP contribution in [0.4, 0.5) is 0 Å². The first-order chi connectivity index (χ1) is 9.38.